The molecule has 1 rings (SSSR count). The van der Waals surface area contributed by atoms with Crippen molar-refractivity contribution >= 4 is 21.6 Å². The minimum atomic E-state index is -3.26. The summed E-state index contributed by atoms with van der Waals surface area (Å²) in [6.07, 6.45) is 2.38. The van der Waals surface area contributed by atoms with E-state index >= 15 is 0 Å². The zero-order valence-corrected chi connectivity index (χ0v) is 9.59. The molecule has 6 nitrogen and oxygen atoms in total. The molecular weight excluding hydrogens is 242 g/mol. The van der Waals surface area contributed by atoms with Crippen LogP contribution in [0.25, 0.3) is 0 Å². The molecule has 1 aromatic heterocycles. The van der Waals surface area contributed by atoms with Gasteiger partial charge in [-0.25, -0.2) is 13.1 Å². The van der Waals surface area contributed by atoms with Gasteiger partial charge >= 0.3 is 0 Å². The van der Waals surface area contributed by atoms with E-state index in [2.05, 4.69) is 19.4 Å². The summed E-state index contributed by atoms with van der Waals surface area (Å²) in [6.45, 7) is 0.0553. The van der Waals surface area contributed by atoms with Crippen molar-refractivity contribution in [3.63, 3.8) is 0 Å². The monoisotopic (exact) mass is 253 g/mol. The van der Waals surface area contributed by atoms with Crippen LogP contribution in [0.4, 0.5) is 0 Å². The predicted molar refractivity (Wildman–Crippen MR) is 54.9 cm³/mol. The smallest absolute Gasteiger partial charge is 0.213 e. The Morgan fingerprint density at radius 2 is 2.27 bits per heavy atom. The Morgan fingerprint density at radius 3 is 2.87 bits per heavy atom. The van der Waals surface area contributed by atoms with Crippen LogP contribution in [0.1, 0.15) is 18.7 Å². The second kappa shape index (κ2) is 6.04. The van der Waals surface area contributed by atoms with Crippen molar-refractivity contribution in [1.82, 2.24) is 14.9 Å². The summed E-state index contributed by atoms with van der Waals surface area (Å²) >= 11 is 5.44. The van der Waals surface area contributed by atoms with Crippen LogP contribution in [0.15, 0.2) is 10.9 Å². The normalized spacial score (nSPS) is 11.8. The third kappa shape index (κ3) is 5.10. The molecule has 0 radical (unpaired) electrons. The highest BCUT2D eigenvalue weighted by Gasteiger charge is 2.10. The van der Waals surface area contributed by atoms with Crippen molar-refractivity contribution in [2.75, 3.05) is 11.6 Å². The second-order valence-corrected chi connectivity index (χ2v) is 5.19. The summed E-state index contributed by atoms with van der Waals surface area (Å²) in [6, 6.07) is 0. The van der Waals surface area contributed by atoms with Crippen molar-refractivity contribution in [1.29, 1.82) is 0 Å². The van der Waals surface area contributed by atoms with Crippen LogP contribution in [0, 0.1) is 0 Å². The highest BCUT2D eigenvalue weighted by atomic mass is 35.5. The number of hydrogen-bond acceptors (Lipinski definition) is 5. The Bertz CT molecular complexity index is 365. The molecule has 0 atom stereocenters. The lowest BCUT2D eigenvalue weighted by Crippen LogP contribution is -2.26. The summed E-state index contributed by atoms with van der Waals surface area (Å²) in [5.41, 5.74) is 0. The molecule has 0 bridgehead atoms. The molecule has 8 heteroatoms. The fraction of sp³-hybridized carbons (Fsp3) is 0.714. The number of aromatic nitrogens is 2. The number of halogens is 1. The average molecular weight is 254 g/mol. The Kier molecular flexibility index (Phi) is 5.00. The number of alkyl halides is 1. The molecule has 1 heterocycles. The molecule has 0 aliphatic carbocycles. The molecule has 0 aliphatic rings. The minimum Gasteiger partial charge on any atom is -0.343 e. The molecule has 15 heavy (non-hydrogen) atoms. The Hall–Kier alpha value is -0.660. The van der Waals surface area contributed by atoms with Crippen LogP contribution >= 0.6 is 11.6 Å². The molecule has 0 aromatic carbocycles. The van der Waals surface area contributed by atoms with Gasteiger partial charge < -0.3 is 4.52 Å². The van der Waals surface area contributed by atoms with E-state index in [0.717, 1.165) is 6.39 Å². The first-order valence-corrected chi connectivity index (χ1v) is 6.61. The number of sulfonamides is 1. The SMILES string of the molecule is O=S(=O)(CCCCCl)NCc1ncon1. The molecule has 0 spiro atoms. The van der Waals surface area contributed by atoms with E-state index < -0.39 is 10.0 Å². The summed E-state index contributed by atoms with van der Waals surface area (Å²) in [7, 11) is -3.26. The average Bonchev–Trinajstić information content (AvgIpc) is 2.68. The molecule has 0 fully saturated rings. The molecule has 1 N–H and O–H groups in total. The van der Waals surface area contributed by atoms with E-state index in [4.69, 9.17) is 11.6 Å². The number of hydrogen-bond donors (Lipinski definition) is 1. The Balaban J connectivity index is 2.30. The molecule has 0 saturated heterocycles. The summed E-state index contributed by atoms with van der Waals surface area (Å²) in [5, 5.41) is 3.48. The molecule has 0 aliphatic heterocycles. The van der Waals surface area contributed by atoms with Gasteiger partial charge in [0.15, 0.2) is 5.82 Å². The van der Waals surface area contributed by atoms with E-state index in [9.17, 15) is 8.42 Å². The zero-order valence-electron chi connectivity index (χ0n) is 8.02. The van der Waals surface area contributed by atoms with Gasteiger partial charge in [-0.05, 0) is 12.8 Å². The van der Waals surface area contributed by atoms with Gasteiger partial charge in [0, 0.05) is 5.88 Å². The predicted octanol–water partition coefficient (Wildman–Crippen LogP) is 0.508. The topological polar surface area (TPSA) is 85.1 Å². The first kappa shape index (κ1) is 12.4. The van der Waals surface area contributed by atoms with Gasteiger partial charge in [0.25, 0.3) is 0 Å². The molecule has 1 aromatic rings. The Morgan fingerprint density at radius 1 is 1.47 bits per heavy atom. The molecular formula is C7H12ClN3O3S. The first-order valence-electron chi connectivity index (χ1n) is 4.42. The second-order valence-electron chi connectivity index (χ2n) is 2.88. The maximum Gasteiger partial charge on any atom is 0.213 e. The lowest BCUT2D eigenvalue weighted by Gasteiger charge is -2.03. The minimum absolute atomic E-state index is 0.0553. The van der Waals surface area contributed by atoms with E-state index in [1.807, 2.05) is 0 Å². The van der Waals surface area contributed by atoms with E-state index in [-0.39, 0.29) is 12.3 Å². The van der Waals surface area contributed by atoms with Crippen molar-refractivity contribution in [2.45, 2.75) is 19.4 Å². The summed E-state index contributed by atoms with van der Waals surface area (Å²) < 4.78 is 29.5. The fourth-order valence-electron chi connectivity index (χ4n) is 0.904. The summed E-state index contributed by atoms with van der Waals surface area (Å²) in [4.78, 5) is 3.69. The van der Waals surface area contributed by atoms with Crippen LogP contribution in [0.5, 0.6) is 0 Å². The van der Waals surface area contributed by atoms with E-state index in [1.165, 1.54) is 0 Å². The maximum atomic E-state index is 11.4. The quantitative estimate of drug-likeness (QED) is 0.565. The van der Waals surface area contributed by atoms with Gasteiger partial charge in [0.2, 0.25) is 16.4 Å². The van der Waals surface area contributed by atoms with Crippen molar-refractivity contribution < 1.29 is 12.9 Å². The Labute approximate surface area is 93.1 Å². The molecule has 0 unspecified atom stereocenters. The summed E-state index contributed by atoms with van der Waals surface area (Å²) in [5.74, 6) is 0.855. The van der Waals surface area contributed by atoms with Gasteiger partial charge in [-0.15, -0.1) is 11.6 Å². The molecule has 0 saturated carbocycles. The number of rotatable bonds is 7. The van der Waals surface area contributed by atoms with Crippen LogP contribution in [0.3, 0.4) is 0 Å². The van der Waals surface area contributed by atoms with Gasteiger partial charge in [0.1, 0.15) is 0 Å². The van der Waals surface area contributed by atoms with E-state index in [1.54, 1.807) is 0 Å². The van der Waals surface area contributed by atoms with Crippen LogP contribution in [0.2, 0.25) is 0 Å². The van der Waals surface area contributed by atoms with Crippen LogP contribution in [-0.2, 0) is 16.6 Å². The number of nitrogens with one attached hydrogen (secondary N) is 1. The number of unbranched alkanes of at least 4 members (excludes halogenated alkanes) is 1. The standard InChI is InChI=1S/C7H12ClN3O3S/c8-3-1-2-4-15(12,13)10-5-7-9-6-14-11-7/h6,10H,1-5H2. The lowest BCUT2D eigenvalue weighted by molar-refractivity contribution is 0.409. The van der Waals surface area contributed by atoms with Gasteiger partial charge in [0.05, 0.1) is 12.3 Å². The van der Waals surface area contributed by atoms with E-state index in [0.29, 0.717) is 24.5 Å². The van der Waals surface area contributed by atoms with Crippen molar-refractivity contribution in [2.24, 2.45) is 0 Å². The highest BCUT2D eigenvalue weighted by molar-refractivity contribution is 7.89. The van der Waals surface area contributed by atoms with Gasteiger partial charge in [-0.2, -0.15) is 4.98 Å². The van der Waals surface area contributed by atoms with Gasteiger partial charge in [-0.3, -0.25) is 0 Å². The van der Waals surface area contributed by atoms with Crippen LogP contribution < -0.4 is 4.72 Å². The largest absolute Gasteiger partial charge is 0.343 e. The van der Waals surface area contributed by atoms with Crippen molar-refractivity contribution in [3.8, 4) is 0 Å². The molecule has 0 amide bonds. The third-order valence-corrected chi connectivity index (χ3v) is 3.33. The molecule has 86 valence electrons. The highest BCUT2D eigenvalue weighted by Crippen LogP contribution is 1.97. The first-order chi connectivity index (χ1) is 7.14. The van der Waals surface area contributed by atoms with Crippen LogP contribution in [-0.4, -0.2) is 30.2 Å². The van der Waals surface area contributed by atoms with Crippen molar-refractivity contribution in [3.05, 3.63) is 12.2 Å². The van der Waals surface area contributed by atoms with Gasteiger partial charge in [-0.1, -0.05) is 5.16 Å². The maximum absolute atomic E-state index is 11.4. The third-order valence-electron chi connectivity index (χ3n) is 1.65. The number of nitrogens with zero attached hydrogens (tertiary/aromatic N) is 2. The lowest BCUT2D eigenvalue weighted by atomic mass is 10.4. The zero-order chi connectivity index (χ0) is 11.1. The fourth-order valence-corrected chi connectivity index (χ4v) is 2.17.